The van der Waals surface area contributed by atoms with Gasteiger partial charge in [-0.05, 0) is 35.2 Å². The van der Waals surface area contributed by atoms with Crippen molar-refractivity contribution in [1.29, 1.82) is 0 Å². The van der Waals surface area contributed by atoms with Gasteiger partial charge in [0.2, 0.25) is 0 Å². The van der Waals surface area contributed by atoms with Gasteiger partial charge in [0, 0.05) is 27.1 Å². The molecule has 0 fully saturated rings. The van der Waals surface area contributed by atoms with Gasteiger partial charge in [-0.1, -0.05) is 54.6 Å². The maximum Gasteiger partial charge on any atom is 0.128 e. The Hall–Kier alpha value is -3.57. The Balaban J connectivity index is 1.71. The van der Waals surface area contributed by atoms with E-state index in [1.54, 1.807) is 17.4 Å². The number of benzene rings is 3. The number of hydrogen-bond donors (Lipinski definition) is 0. The molecule has 150 valence electrons. The molecule has 0 aliphatic rings. The third-order valence-electron chi connectivity index (χ3n) is 4.76. The average molecular weight is 415 g/mol. The first-order chi connectivity index (χ1) is 14.7. The summed E-state index contributed by atoms with van der Waals surface area (Å²) in [6, 6.07) is 24.7. The molecule has 3 aromatic carbocycles. The minimum absolute atomic E-state index is 0.0836. The molecule has 0 spiro atoms. The van der Waals surface area contributed by atoms with Crippen molar-refractivity contribution in [3.63, 3.8) is 0 Å². The van der Waals surface area contributed by atoms with E-state index in [0.29, 0.717) is 12.4 Å². The zero-order valence-electron chi connectivity index (χ0n) is 16.3. The van der Waals surface area contributed by atoms with Crippen LogP contribution in [0.1, 0.15) is 15.9 Å². The molecule has 30 heavy (non-hydrogen) atoms. The molecule has 0 aliphatic carbocycles. The monoisotopic (exact) mass is 415 g/mol. The van der Waals surface area contributed by atoms with Gasteiger partial charge in [0.25, 0.3) is 0 Å². The quantitative estimate of drug-likeness (QED) is 0.425. The van der Waals surface area contributed by atoms with E-state index in [2.05, 4.69) is 0 Å². The van der Waals surface area contributed by atoms with Gasteiger partial charge < -0.3 is 19.4 Å². The fraction of sp³-hybridized carbons (Fsp3) is 0.0800. The fourth-order valence-corrected chi connectivity index (χ4v) is 4.23. The molecule has 0 aliphatic heterocycles. The second-order valence-electron chi connectivity index (χ2n) is 6.64. The van der Waals surface area contributed by atoms with E-state index >= 15 is 0 Å². The highest BCUT2D eigenvalue weighted by atomic mass is 32.1. The molecule has 0 saturated heterocycles. The van der Waals surface area contributed by atoms with E-state index in [-0.39, 0.29) is 5.56 Å². The molecular formula is C25H19O4S-. The van der Waals surface area contributed by atoms with Gasteiger partial charge in [0.15, 0.2) is 0 Å². The van der Waals surface area contributed by atoms with Gasteiger partial charge in [0.05, 0.1) is 13.1 Å². The molecule has 4 nitrogen and oxygen atoms in total. The smallest absolute Gasteiger partial charge is 0.128 e. The van der Waals surface area contributed by atoms with Crippen molar-refractivity contribution in [2.45, 2.75) is 6.61 Å². The van der Waals surface area contributed by atoms with Gasteiger partial charge in [-0.25, -0.2) is 0 Å². The number of carbonyl (C=O) groups is 1. The summed E-state index contributed by atoms with van der Waals surface area (Å²) in [6.45, 7) is 0.473. The van der Waals surface area contributed by atoms with Gasteiger partial charge in [-0.2, -0.15) is 0 Å². The largest absolute Gasteiger partial charge is 0.545 e. The Morgan fingerprint density at radius 1 is 0.867 bits per heavy atom. The predicted molar refractivity (Wildman–Crippen MR) is 117 cm³/mol. The van der Waals surface area contributed by atoms with E-state index < -0.39 is 5.97 Å². The first-order valence-electron chi connectivity index (χ1n) is 9.40. The maximum atomic E-state index is 11.2. The fourth-order valence-electron chi connectivity index (χ4n) is 3.29. The van der Waals surface area contributed by atoms with Crippen LogP contribution >= 0.6 is 11.3 Å². The normalized spacial score (nSPS) is 10.6. The van der Waals surface area contributed by atoms with Gasteiger partial charge in [-0.3, -0.25) is 0 Å². The lowest BCUT2D eigenvalue weighted by atomic mass is 10.0. The summed E-state index contributed by atoms with van der Waals surface area (Å²) in [5.74, 6) is 0.0420. The number of aromatic carboxylic acids is 1. The van der Waals surface area contributed by atoms with Crippen molar-refractivity contribution in [2.24, 2.45) is 0 Å². The number of carboxylic acid groups (broad SMARTS) is 1. The summed E-state index contributed by atoms with van der Waals surface area (Å²) in [5.41, 5.74) is 3.97. The average Bonchev–Trinajstić information content (AvgIpc) is 3.27. The lowest BCUT2D eigenvalue weighted by molar-refractivity contribution is -0.255. The highest BCUT2D eigenvalue weighted by molar-refractivity contribution is 7.14. The summed E-state index contributed by atoms with van der Waals surface area (Å²) in [7, 11) is 1.53. The van der Waals surface area contributed by atoms with Gasteiger partial charge in [-0.15, -0.1) is 11.3 Å². The number of methoxy groups -OCH3 is 1. The summed E-state index contributed by atoms with van der Waals surface area (Å²) in [4.78, 5) is 12.2. The van der Waals surface area contributed by atoms with E-state index in [1.807, 2.05) is 66.0 Å². The lowest BCUT2D eigenvalue weighted by Gasteiger charge is -2.14. The van der Waals surface area contributed by atoms with Crippen LogP contribution in [0.3, 0.4) is 0 Å². The summed E-state index contributed by atoms with van der Waals surface area (Å²) in [5, 5.41) is 13.2. The first kappa shape index (κ1) is 19.7. The minimum Gasteiger partial charge on any atom is -0.545 e. The van der Waals surface area contributed by atoms with Crippen LogP contribution in [0.4, 0.5) is 0 Å². The third kappa shape index (κ3) is 4.07. The molecule has 0 amide bonds. The van der Waals surface area contributed by atoms with Crippen molar-refractivity contribution < 1.29 is 19.4 Å². The molecule has 5 heteroatoms. The third-order valence-corrected chi connectivity index (χ3v) is 5.71. The zero-order valence-corrected chi connectivity index (χ0v) is 17.1. The second kappa shape index (κ2) is 8.84. The van der Waals surface area contributed by atoms with Crippen LogP contribution in [-0.4, -0.2) is 13.1 Å². The second-order valence-corrected chi connectivity index (χ2v) is 7.55. The molecule has 0 N–H and O–H groups in total. The molecule has 0 atom stereocenters. The Morgan fingerprint density at radius 2 is 1.63 bits per heavy atom. The molecular weight excluding hydrogens is 396 g/mol. The topological polar surface area (TPSA) is 58.6 Å². The van der Waals surface area contributed by atoms with E-state index in [1.165, 1.54) is 19.2 Å². The number of thiophene rings is 1. The Morgan fingerprint density at radius 3 is 2.40 bits per heavy atom. The van der Waals surface area contributed by atoms with Crippen molar-refractivity contribution in [1.82, 2.24) is 0 Å². The maximum absolute atomic E-state index is 11.2. The number of hydrogen-bond acceptors (Lipinski definition) is 5. The molecule has 0 bridgehead atoms. The van der Waals surface area contributed by atoms with Crippen LogP contribution < -0.4 is 14.6 Å². The van der Waals surface area contributed by atoms with Crippen LogP contribution in [0.25, 0.3) is 21.6 Å². The molecule has 0 saturated carbocycles. The molecule has 4 aromatic rings. The first-order valence-corrected chi connectivity index (χ1v) is 10.3. The van der Waals surface area contributed by atoms with Crippen LogP contribution in [-0.2, 0) is 6.61 Å². The standard InChI is InChI=1S/C25H20O4S/c1-28-23-15-18(25(26)27)11-12-21(23)24-20(13-14-30-24)19-9-5-6-10-22(19)29-16-17-7-3-2-4-8-17/h2-15H,16H2,1H3,(H,26,27)/p-1. The number of ether oxygens (including phenoxy) is 2. The predicted octanol–water partition coefficient (Wildman–Crippen LogP) is 5.03. The number of para-hydroxylation sites is 1. The minimum atomic E-state index is -1.23. The number of carboxylic acids is 1. The van der Waals surface area contributed by atoms with Crippen LogP contribution in [0.5, 0.6) is 11.5 Å². The van der Waals surface area contributed by atoms with Gasteiger partial charge in [0.1, 0.15) is 18.1 Å². The molecule has 1 aromatic heterocycles. The highest BCUT2D eigenvalue weighted by Gasteiger charge is 2.17. The highest BCUT2D eigenvalue weighted by Crippen LogP contribution is 2.44. The SMILES string of the molecule is COc1cc(C(=O)[O-])ccc1-c1sccc1-c1ccccc1OCc1ccccc1. The van der Waals surface area contributed by atoms with Crippen LogP contribution in [0, 0.1) is 0 Å². The van der Waals surface area contributed by atoms with Crippen molar-refractivity contribution in [3.05, 3.63) is 95.4 Å². The van der Waals surface area contributed by atoms with Crippen molar-refractivity contribution in [2.75, 3.05) is 7.11 Å². The van der Waals surface area contributed by atoms with Gasteiger partial charge >= 0.3 is 0 Å². The summed E-state index contributed by atoms with van der Waals surface area (Å²) < 4.78 is 11.6. The molecule has 0 unspecified atom stereocenters. The van der Waals surface area contributed by atoms with Crippen molar-refractivity contribution >= 4 is 17.3 Å². The summed E-state index contributed by atoms with van der Waals surface area (Å²) >= 11 is 1.57. The molecule has 0 radical (unpaired) electrons. The Kier molecular flexibility index (Phi) is 5.82. The van der Waals surface area contributed by atoms with E-state index in [9.17, 15) is 9.90 Å². The molecule has 4 rings (SSSR count). The summed E-state index contributed by atoms with van der Waals surface area (Å²) in [6.07, 6.45) is 0. The van der Waals surface area contributed by atoms with Crippen molar-refractivity contribution in [3.8, 4) is 33.1 Å². The van der Waals surface area contributed by atoms with Crippen LogP contribution in [0.2, 0.25) is 0 Å². The number of carbonyl (C=O) groups excluding carboxylic acids is 1. The van der Waals surface area contributed by atoms with E-state index in [4.69, 9.17) is 9.47 Å². The zero-order chi connectivity index (χ0) is 20.9. The molecule has 1 heterocycles. The van der Waals surface area contributed by atoms with E-state index in [0.717, 1.165) is 32.9 Å². The Labute approximate surface area is 179 Å². The number of rotatable bonds is 7. The Bertz CT molecular complexity index is 1160. The van der Waals surface area contributed by atoms with Crippen LogP contribution in [0.15, 0.2) is 84.2 Å². The lowest BCUT2D eigenvalue weighted by Crippen LogP contribution is -2.22.